The van der Waals surface area contributed by atoms with Crippen LogP contribution >= 0.6 is 34.7 Å². The molecule has 1 fully saturated rings. The average molecular weight is 360 g/mol. The van der Waals surface area contributed by atoms with Crippen molar-refractivity contribution in [2.24, 2.45) is 0 Å². The van der Waals surface area contributed by atoms with E-state index in [9.17, 15) is 13.6 Å². The molecular weight excluding hydrogens is 348 g/mol. The van der Waals surface area contributed by atoms with Crippen LogP contribution in [0.4, 0.5) is 8.78 Å². The molecule has 2 nitrogen and oxygen atoms in total. The van der Waals surface area contributed by atoms with Crippen LogP contribution in [0.3, 0.4) is 0 Å². The van der Waals surface area contributed by atoms with E-state index >= 15 is 0 Å². The summed E-state index contributed by atoms with van der Waals surface area (Å²) in [5.41, 5.74) is 0.600. The van der Waals surface area contributed by atoms with Crippen LogP contribution in [0, 0.1) is 0 Å². The Kier molecular flexibility index (Phi) is 4.43. The molecule has 1 N–H and O–H groups in total. The van der Waals surface area contributed by atoms with Crippen molar-refractivity contribution in [3.05, 3.63) is 51.2 Å². The first-order valence-corrected chi connectivity index (χ1v) is 8.75. The number of hydrogen-bond acceptors (Lipinski definition) is 3. The molecule has 1 aliphatic carbocycles. The van der Waals surface area contributed by atoms with E-state index in [0.29, 0.717) is 26.6 Å². The van der Waals surface area contributed by atoms with Gasteiger partial charge >= 0.3 is 0 Å². The van der Waals surface area contributed by atoms with Gasteiger partial charge in [-0.2, -0.15) is 8.78 Å². The SMILES string of the molecule is O=C(NC1(c2ccc(Cl)cc2)CC1)c1sccc1SC(F)F. The van der Waals surface area contributed by atoms with Gasteiger partial charge in [-0.3, -0.25) is 4.79 Å². The van der Waals surface area contributed by atoms with E-state index in [1.807, 2.05) is 12.1 Å². The molecule has 0 radical (unpaired) electrons. The number of thioether (sulfide) groups is 1. The minimum absolute atomic E-state index is 0.300. The van der Waals surface area contributed by atoms with Crippen LogP contribution in [0.2, 0.25) is 5.02 Å². The van der Waals surface area contributed by atoms with E-state index in [-0.39, 0.29) is 5.91 Å². The molecule has 7 heteroatoms. The molecule has 1 heterocycles. The molecule has 0 unspecified atom stereocenters. The second-order valence-corrected chi connectivity index (χ2v) is 7.42. The molecule has 1 saturated carbocycles. The molecule has 0 saturated heterocycles. The molecule has 0 bridgehead atoms. The second-order valence-electron chi connectivity index (χ2n) is 5.04. The van der Waals surface area contributed by atoms with Gasteiger partial charge in [-0.1, -0.05) is 35.5 Å². The van der Waals surface area contributed by atoms with Crippen LogP contribution in [0.25, 0.3) is 0 Å². The number of carbonyl (C=O) groups excluding carboxylic acids is 1. The van der Waals surface area contributed by atoms with Gasteiger partial charge in [0.25, 0.3) is 11.7 Å². The number of alkyl halides is 2. The number of carbonyl (C=O) groups is 1. The zero-order valence-electron chi connectivity index (χ0n) is 11.3. The quantitative estimate of drug-likeness (QED) is 0.749. The van der Waals surface area contributed by atoms with Gasteiger partial charge in [0.2, 0.25) is 0 Å². The molecule has 22 heavy (non-hydrogen) atoms. The number of nitrogens with one attached hydrogen (secondary N) is 1. The minimum Gasteiger partial charge on any atom is -0.342 e. The highest BCUT2D eigenvalue weighted by Crippen LogP contribution is 2.46. The number of hydrogen-bond donors (Lipinski definition) is 1. The maximum absolute atomic E-state index is 12.5. The molecular formula is C15H12ClF2NOS2. The predicted octanol–water partition coefficient (Wildman–Crippen LogP) is 5.14. The highest BCUT2D eigenvalue weighted by Gasteiger charge is 2.46. The summed E-state index contributed by atoms with van der Waals surface area (Å²) in [4.78, 5) is 13.1. The van der Waals surface area contributed by atoms with Crippen LogP contribution < -0.4 is 5.32 Å². The highest BCUT2D eigenvalue weighted by molar-refractivity contribution is 7.99. The average Bonchev–Trinajstić information content (AvgIpc) is 3.09. The first kappa shape index (κ1) is 15.8. The highest BCUT2D eigenvalue weighted by atomic mass is 35.5. The minimum atomic E-state index is -2.53. The monoisotopic (exact) mass is 359 g/mol. The third-order valence-corrected chi connectivity index (χ3v) is 5.62. The number of rotatable bonds is 5. The van der Waals surface area contributed by atoms with Crippen molar-refractivity contribution in [1.29, 1.82) is 0 Å². The van der Waals surface area contributed by atoms with Gasteiger partial charge in [0.15, 0.2) is 0 Å². The first-order valence-electron chi connectivity index (χ1n) is 6.61. The van der Waals surface area contributed by atoms with E-state index < -0.39 is 11.3 Å². The third-order valence-electron chi connectivity index (χ3n) is 3.55. The molecule has 0 atom stereocenters. The van der Waals surface area contributed by atoms with Gasteiger partial charge in [0.05, 0.1) is 5.54 Å². The number of halogens is 3. The van der Waals surface area contributed by atoms with Crippen molar-refractivity contribution in [3.63, 3.8) is 0 Å². The lowest BCUT2D eigenvalue weighted by molar-refractivity contribution is 0.0932. The smallest absolute Gasteiger partial charge is 0.288 e. The molecule has 0 spiro atoms. The van der Waals surface area contributed by atoms with E-state index in [1.165, 1.54) is 11.3 Å². The van der Waals surface area contributed by atoms with Crippen LogP contribution in [-0.2, 0) is 5.54 Å². The Labute approximate surface area is 139 Å². The molecule has 1 aliphatic rings. The maximum Gasteiger partial charge on any atom is 0.288 e. The molecule has 1 aromatic heterocycles. The van der Waals surface area contributed by atoms with Gasteiger partial charge < -0.3 is 5.32 Å². The standard InChI is InChI=1S/C15H12ClF2NOS2/c16-10-3-1-9(2-4-10)15(6-7-15)19-13(20)12-11(5-8-21-12)22-14(17)18/h1-5,8,14H,6-7H2,(H,19,20). The molecule has 1 aromatic carbocycles. The van der Waals surface area contributed by atoms with Crippen molar-refractivity contribution in [1.82, 2.24) is 5.32 Å². The van der Waals surface area contributed by atoms with E-state index in [2.05, 4.69) is 5.32 Å². The van der Waals surface area contributed by atoms with Gasteiger partial charge in [0, 0.05) is 9.92 Å². The summed E-state index contributed by atoms with van der Waals surface area (Å²) < 4.78 is 25.0. The predicted molar refractivity (Wildman–Crippen MR) is 86.0 cm³/mol. The Bertz CT molecular complexity index is 683. The van der Waals surface area contributed by atoms with Crippen molar-refractivity contribution in [2.75, 3.05) is 0 Å². The van der Waals surface area contributed by atoms with Gasteiger partial charge in [-0.25, -0.2) is 0 Å². The van der Waals surface area contributed by atoms with Crippen LogP contribution in [0.5, 0.6) is 0 Å². The lowest BCUT2D eigenvalue weighted by Gasteiger charge is -2.18. The first-order chi connectivity index (χ1) is 10.5. The van der Waals surface area contributed by atoms with E-state index in [1.54, 1.807) is 23.6 Å². The lowest BCUT2D eigenvalue weighted by Crippen LogP contribution is -2.34. The summed E-state index contributed by atoms with van der Waals surface area (Å²) >= 11 is 7.46. The largest absolute Gasteiger partial charge is 0.342 e. The Morgan fingerprint density at radius 3 is 2.55 bits per heavy atom. The van der Waals surface area contributed by atoms with E-state index in [4.69, 9.17) is 11.6 Å². The zero-order chi connectivity index (χ0) is 15.7. The summed E-state index contributed by atoms with van der Waals surface area (Å²) in [6.07, 6.45) is 1.67. The van der Waals surface area contributed by atoms with Gasteiger partial charge in [-0.05, 0) is 42.0 Å². The topological polar surface area (TPSA) is 29.1 Å². The summed E-state index contributed by atoms with van der Waals surface area (Å²) in [5.74, 6) is -2.84. The number of benzene rings is 1. The van der Waals surface area contributed by atoms with E-state index in [0.717, 1.165) is 18.4 Å². The van der Waals surface area contributed by atoms with Gasteiger partial charge in [0.1, 0.15) is 4.88 Å². The fraction of sp³-hybridized carbons (Fsp3) is 0.267. The van der Waals surface area contributed by atoms with Gasteiger partial charge in [-0.15, -0.1) is 11.3 Å². The van der Waals surface area contributed by atoms with Crippen LogP contribution in [0.15, 0.2) is 40.6 Å². The Morgan fingerprint density at radius 1 is 1.27 bits per heavy atom. The van der Waals surface area contributed by atoms with Crippen LogP contribution in [0.1, 0.15) is 28.1 Å². The Morgan fingerprint density at radius 2 is 1.95 bits per heavy atom. The third kappa shape index (κ3) is 3.29. The molecule has 1 amide bonds. The van der Waals surface area contributed by atoms with Crippen LogP contribution in [-0.4, -0.2) is 11.7 Å². The summed E-state index contributed by atoms with van der Waals surface area (Å²) in [7, 11) is 0. The maximum atomic E-state index is 12.5. The molecule has 116 valence electrons. The fourth-order valence-corrected chi connectivity index (χ4v) is 4.03. The fourth-order valence-electron chi connectivity index (χ4n) is 2.31. The Hall–Kier alpha value is -1.11. The summed E-state index contributed by atoms with van der Waals surface area (Å²) in [5, 5.41) is 5.28. The second kappa shape index (κ2) is 6.18. The molecule has 0 aliphatic heterocycles. The summed E-state index contributed by atoms with van der Waals surface area (Å²) in [6, 6.07) is 8.90. The Balaban J connectivity index is 1.77. The molecule has 2 aromatic rings. The zero-order valence-corrected chi connectivity index (χ0v) is 13.7. The van der Waals surface area contributed by atoms with Crippen molar-refractivity contribution < 1.29 is 13.6 Å². The lowest BCUT2D eigenvalue weighted by atomic mass is 10.1. The van der Waals surface area contributed by atoms with Crippen molar-refractivity contribution in [3.8, 4) is 0 Å². The van der Waals surface area contributed by atoms with Crippen molar-refractivity contribution in [2.45, 2.75) is 29.0 Å². The molecule has 3 rings (SSSR count). The normalized spacial score (nSPS) is 15.8. The summed E-state index contributed by atoms with van der Waals surface area (Å²) in [6.45, 7) is 0. The number of thiophene rings is 1. The number of amides is 1. The van der Waals surface area contributed by atoms with Crippen molar-refractivity contribution >= 4 is 40.6 Å².